The van der Waals surface area contributed by atoms with Gasteiger partial charge in [0.1, 0.15) is 5.60 Å². The Hall–Kier alpha value is -0.600. The van der Waals surface area contributed by atoms with Crippen LogP contribution in [0.1, 0.15) is 113 Å². The molecule has 0 amide bonds. The zero-order valence-electron chi connectivity index (χ0n) is 21.4. The van der Waals surface area contributed by atoms with Crippen LogP contribution < -0.4 is 0 Å². The fraction of sp³-hybridized carbons (Fsp3) is 0.806. The monoisotopic (exact) mass is 466 g/mol. The lowest BCUT2D eigenvalue weighted by molar-refractivity contribution is -0.193. The van der Waals surface area contributed by atoms with Gasteiger partial charge in [-0.15, -0.1) is 11.3 Å². The Bertz CT molecular complexity index is 844. The minimum atomic E-state index is -0.147. The number of ether oxygens (including phenoxy) is 1. The highest BCUT2D eigenvalue weighted by Crippen LogP contribution is 2.58. The molecule has 4 aliphatic carbocycles. The summed E-state index contributed by atoms with van der Waals surface area (Å²) >= 11 is 2.13. The Morgan fingerprint density at radius 2 is 1.67 bits per heavy atom. The maximum absolute atomic E-state index is 7.70. The van der Waals surface area contributed by atoms with Crippen LogP contribution in [0.15, 0.2) is 18.2 Å². The molecular formula is C31H46OS. The van der Waals surface area contributed by atoms with Gasteiger partial charge in [0.2, 0.25) is 0 Å². The lowest BCUT2D eigenvalue weighted by Gasteiger charge is -2.57. The zero-order valence-corrected chi connectivity index (χ0v) is 22.2. The molecule has 6 unspecified atom stereocenters. The maximum atomic E-state index is 7.70. The molecule has 33 heavy (non-hydrogen) atoms. The van der Waals surface area contributed by atoms with Gasteiger partial charge >= 0.3 is 0 Å². The fourth-order valence-corrected chi connectivity index (χ4v) is 10.1. The van der Waals surface area contributed by atoms with Crippen molar-refractivity contribution in [3.8, 4) is 0 Å². The second-order valence-corrected chi connectivity index (χ2v) is 14.5. The number of thiophene rings is 1. The van der Waals surface area contributed by atoms with Crippen LogP contribution in [-0.2, 0) is 23.2 Å². The van der Waals surface area contributed by atoms with Crippen LogP contribution in [0.4, 0.5) is 0 Å². The van der Waals surface area contributed by atoms with Gasteiger partial charge < -0.3 is 4.74 Å². The summed E-state index contributed by atoms with van der Waals surface area (Å²) in [4.78, 5) is 3.25. The Morgan fingerprint density at radius 1 is 0.909 bits per heavy atom. The average Bonchev–Trinajstić information content (AvgIpc) is 3.28. The van der Waals surface area contributed by atoms with Gasteiger partial charge in [-0.05, 0) is 92.1 Å². The smallest absolute Gasteiger partial charge is 0.124 e. The van der Waals surface area contributed by atoms with E-state index in [4.69, 9.17) is 4.74 Å². The molecule has 1 nitrogen and oxygen atoms in total. The largest absolute Gasteiger partial charge is 0.361 e. The Balaban J connectivity index is 1.43. The predicted octanol–water partition coefficient (Wildman–Crippen LogP) is 8.85. The van der Waals surface area contributed by atoms with Crippen molar-refractivity contribution < 1.29 is 4.74 Å². The summed E-state index contributed by atoms with van der Waals surface area (Å²) in [6.07, 6.45) is 25.1. The molecule has 2 heterocycles. The molecule has 0 aromatic carbocycles. The van der Waals surface area contributed by atoms with Crippen molar-refractivity contribution >= 4 is 11.3 Å². The van der Waals surface area contributed by atoms with Crippen LogP contribution in [0, 0.1) is 35.0 Å². The van der Waals surface area contributed by atoms with Crippen molar-refractivity contribution in [3.05, 3.63) is 33.5 Å². The van der Waals surface area contributed by atoms with Gasteiger partial charge in [0.15, 0.2) is 0 Å². The van der Waals surface area contributed by atoms with Crippen molar-refractivity contribution in [2.45, 2.75) is 122 Å². The van der Waals surface area contributed by atoms with Crippen LogP contribution in [-0.4, -0.2) is 6.10 Å². The van der Waals surface area contributed by atoms with Crippen LogP contribution in [0.2, 0.25) is 0 Å². The second kappa shape index (κ2) is 8.81. The van der Waals surface area contributed by atoms with Crippen LogP contribution in [0.5, 0.6) is 0 Å². The first-order chi connectivity index (χ1) is 16.0. The zero-order chi connectivity index (χ0) is 22.6. The summed E-state index contributed by atoms with van der Waals surface area (Å²) in [7, 11) is 0. The summed E-state index contributed by atoms with van der Waals surface area (Å²) in [5.74, 6) is 3.69. The first-order valence-electron chi connectivity index (χ1n) is 14.4. The third kappa shape index (κ3) is 4.00. The molecule has 5 aliphatic rings. The molecule has 1 aromatic heterocycles. The molecule has 0 saturated heterocycles. The number of rotatable bonds is 2. The molecule has 3 saturated carbocycles. The van der Waals surface area contributed by atoms with Gasteiger partial charge in [0, 0.05) is 15.7 Å². The molecule has 0 bridgehead atoms. The first kappa shape index (κ1) is 22.8. The number of aryl methyl sites for hydroxylation is 2. The van der Waals surface area contributed by atoms with Crippen molar-refractivity contribution in [1.82, 2.24) is 0 Å². The highest BCUT2D eigenvalue weighted by atomic mass is 32.1. The fourth-order valence-electron chi connectivity index (χ4n) is 8.61. The third-order valence-corrected chi connectivity index (χ3v) is 11.8. The summed E-state index contributed by atoms with van der Waals surface area (Å²) < 4.78 is 7.70. The normalized spacial score (nSPS) is 39.5. The van der Waals surface area contributed by atoms with Crippen molar-refractivity contribution in [2.75, 3.05) is 0 Å². The Morgan fingerprint density at radius 3 is 2.45 bits per heavy atom. The molecule has 3 fully saturated rings. The molecule has 6 atom stereocenters. The predicted molar refractivity (Wildman–Crippen MR) is 140 cm³/mol. The van der Waals surface area contributed by atoms with Gasteiger partial charge in [-0.3, -0.25) is 0 Å². The summed E-state index contributed by atoms with van der Waals surface area (Å²) in [5.41, 5.74) is 1.86. The molecule has 2 heteroatoms. The Kier molecular flexibility index (Phi) is 6.10. The number of hydrogen-bond donors (Lipinski definition) is 0. The van der Waals surface area contributed by atoms with Gasteiger partial charge in [-0.25, -0.2) is 0 Å². The molecule has 6 rings (SSSR count). The van der Waals surface area contributed by atoms with Crippen molar-refractivity contribution in [2.24, 2.45) is 35.0 Å². The van der Waals surface area contributed by atoms with Gasteiger partial charge in [0.05, 0.1) is 6.10 Å². The molecule has 0 N–H and O–H groups in total. The molecule has 0 radical (unpaired) electrons. The van der Waals surface area contributed by atoms with Crippen LogP contribution in [0.3, 0.4) is 0 Å². The lowest BCUT2D eigenvalue weighted by Crippen LogP contribution is -2.55. The van der Waals surface area contributed by atoms with Gasteiger partial charge in [-0.2, -0.15) is 0 Å². The minimum Gasteiger partial charge on any atom is -0.361 e. The molecule has 0 spiro atoms. The van der Waals surface area contributed by atoms with E-state index in [1.807, 2.05) is 0 Å². The highest BCUT2D eigenvalue weighted by Gasteiger charge is 2.55. The summed E-state index contributed by atoms with van der Waals surface area (Å²) in [6.45, 7) is 7.46. The van der Waals surface area contributed by atoms with E-state index in [-0.39, 0.29) is 5.60 Å². The van der Waals surface area contributed by atoms with E-state index in [0.717, 1.165) is 17.8 Å². The summed E-state index contributed by atoms with van der Waals surface area (Å²) in [6, 6.07) is 2.61. The minimum absolute atomic E-state index is 0.147. The van der Waals surface area contributed by atoms with E-state index in [9.17, 15) is 0 Å². The maximum Gasteiger partial charge on any atom is 0.124 e. The first-order valence-corrected chi connectivity index (χ1v) is 15.3. The molecule has 182 valence electrons. The van der Waals surface area contributed by atoms with Crippen LogP contribution in [0.25, 0.3) is 0 Å². The third-order valence-electron chi connectivity index (χ3n) is 10.4. The highest BCUT2D eigenvalue weighted by molar-refractivity contribution is 7.12. The van der Waals surface area contributed by atoms with E-state index < -0.39 is 0 Å². The standard InChI is InChI=1S/C31H46OS/c1-30(2,3)26-19-21-11-7-9-15-24(21)29-25(26)17-18-31(32-29,23-13-5-4-6-14-23)28-20-22-12-8-10-16-27(22)33-28/h17-18,20-21,23-26,29H,4-16,19H2,1-3H3. The number of hydrogen-bond acceptors (Lipinski definition) is 2. The SMILES string of the molecule is CC(C)(C)C1CC2CCCCC2C2OC(c3cc4c(s3)CCCC4)(C3CCCCC3)C=CC21. The van der Waals surface area contributed by atoms with Crippen molar-refractivity contribution in [1.29, 1.82) is 0 Å². The van der Waals surface area contributed by atoms with E-state index in [0.29, 0.717) is 23.4 Å². The topological polar surface area (TPSA) is 9.23 Å². The number of fused-ring (bicyclic) bond motifs is 4. The Labute approximate surface area is 206 Å². The van der Waals surface area contributed by atoms with E-state index in [2.05, 4.69) is 50.3 Å². The van der Waals surface area contributed by atoms with E-state index in [1.54, 1.807) is 15.3 Å². The van der Waals surface area contributed by atoms with Gasteiger partial charge in [0.25, 0.3) is 0 Å². The molecule has 1 aliphatic heterocycles. The molecule has 1 aromatic rings. The van der Waals surface area contributed by atoms with E-state index >= 15 is 0 Å². The van der Waals surface area contributed by atoms with Crippen molar-refractivity contribution in [3.63, 3.8) is 0 Å². The average molecular weight is 467 g/mol. The summed E-state index contributed by atoms with van der Waals surface area (Å²) in [5, 5.41) is 0. The van der Waals surface area contributed by atoms with Crippen LogP contribution >= 0.6 is 11.3 Å². The second-order valence-electron chi connectivity index (χ2n) is 13.3. The van der Waals surface area contributed by atoms with Gasteiger partial charge in [-0.1, -0.05) is 71.4 Å². The molecular weight excluding hydrogens is 420 g/mol. The quantitative estimate of drug-likeness (QED) is 0.395. The lowest BCUT2D eigenvalue weighted by atomic mass is 9.55. The van der Waals surface area contributed by atoms with E-state index in [1.165, 1.54) is 89.9 Å².